The zero-order valence-electron chi connectivity index (χ0n) is 19.6. The van der Waals surface area contributed by atoms with Crippen LogP contribution in [0.2, 0.25) is 0 Å². The van der Waals surface area contributed by atoms with Crippen LogP contribution in [0.1, 0.15) is 37.4 Å². The molecule has 12 heteroatoms. The van der Waals surface area contributed by atoms with Crippen LogP contribution in [0.5, 0.6) is 11.5 Å². The van der Waals surface area contributed by atoms with Gasteiger partial charge in [-0.15, -0.1) is 10.2 Å². The first-order chi connectivity index (χ1) is 16.4. The van der Waals surface area contributed by atoms with E-state index in [-0.39, 0.29) is 18.3 Å². The molecule has 0 unspecified atom stereocenters. The Labute approximate surface area is 206 Å². The van der Waals surface area contributed by atoms with E-state index in [1.807, 2.05) is 6.92 Å². The molecule has 34 heavy (non-hydrogen) atoms. The number of ether oxygens (including phenoxy) is 3. The highest BCUT2D eigenvalue weighted by Crippen LogP contribution is 2.39. The van der Waals surface area contributed by atoms with Crippen LogP contribution in [-0.4, -0.2) is 53.8 Å². The van der Waals surface area contributed by atoms with Crippen LogP contribution in [0, 0.1) is 0 Å². The van der Waals surface area contributed by atoms with E-state index < -0.39 is 12.0 Å². The number of nitrogens with zero attached hydrogens (tertiary/aromatic N) is 3. The number of aliphatic imine (C=N–C) groups is 1. The van der Waals surface area contributed by atoms with Gasteiger partial charge >= 0.3 is 5.97 Å². The second kappa shape index (κ2) is 11.8. The van der Waals surface area contributed by atoms with E-state index in [2.05, 4.69) is 20.8 Å². The summed E-state index contributed by atoms with van der Waals surface area (Å²) < 4.78 is 16.1. The Hall–Kier alpha value is -3.12. The molecule has 1 aliphatic rings. The van der Waals surface area contributed by atoms with Crippen molar-refractivity contribution in [1.29, 1.82) is 0 Å². The molecule has 1 aliphatic heterocycles. The maximum absolute atomic E-state index is 12.8. The highest BCUT2D eigenvalue weighted by molar-refractivity contribution is 8.14. The van der Waals surface area contributed by atoms with Crippen molar-refractivity contribution in [3.8, 4) is 11.5 Å². The van der Waals surface area contributed by atoms with Gasteiger partial charge in [0, 0.05) is 17.3 Å². The molecule has 2 aromatic rings. The molecular weight excluding hydrogens is 478 g/mol. The molecule has 0 spiro atoms. The lowest BCUT2D eigenvalue weighted by molar-refractivity contribution is -0.139. The van der Waals surface area contributed by atoms with E-state index in [9.17, 15) is 9.59 Å². The smallest absolute Gasteiger partial charge is 0.338 e. The van der Waals surface area contributed by atoms with Crippen molar-refractivity contribution < 1.29 is 23.8 Å². The third-order valence-corrected chi connectivity index (χ3v) is 6.67. The van der Waals surface area contributed by atoms with Crippen LogP contribution in [0.4, 0.5) is 5.13 Å². The average Bonchev–Trinajstić information content (AvgIpc) is 3.29. The van der Waals surface area contributed by atoms with Crippen LogP contribution in [0.15, 0.2) is 34.5 Å². The van der Waals surface area contributed by atoms with Crippen molar-refractivity contribution in [2.24, 2.45) is 4.99 Å². The highest BCUT2D eigenvalue weighted by Gasteiger charge is 2.32. The monoisotopic (exact) mass is 505 g/mol. The van der Waals surface area contributed by atoms with Crippen molar-refractivity contribution in [3.05, 3.63) is 40.0 Å². The van der Waals surface area contributed by atoms with Crippen LogP contribution in [0.3, 0.4) is 0 Å². The third-order valence-electron chi connectivity index (χ3n) is 4.80. The highest BCUT2D eigenvalue weighted by atomic mass is 32.2. The van der Waals surface area contributed by atoms with Crippen LogP contribution < -0.4 is 20.1 Å². The van der Waals surface area contributed by atoms with E-state index in [1.165, 1.54) is 23.1 Å². The predicted molar refractivity (Wildman–Crippen MR) is 133 cm³/mol. The van der Waals surface area contributed by atoms with Gasteiger partial charge in [0.25, 0.3) is 0 Å². The van der Waals surface area contributed by atoms with E-state index in [1.54, 1.807) is 46.3 Å². The van der Waals surface area contributed by atoms with E-state index in [4.69, 9.17) is 19.2 Å². The lowest BCUT2D eigenvalue weighted by Crippen LogP contribution is -2.31. The summed E-state index contributed by atoms with van der Waals surface area (Å²) in [5.74, 6) is 0.538. The Balaban J connectivity index is 1.84. The van der Waals surface area contributed by atoms with Crippen LogP contribution in [-0.2, 0) is 20.7 Å². The Morgan fingerprint density at radius 3 is 2.65 bits per heavy atom. The van der Waals surface area contributed by atoms with Crippen molar-refractivity contribution in [2.45, 2.75) is 33.2 Å². The van der Waals surface area contributed by atoms with Gasteiger partial charge in [-0.25, -0.2) is 9.79 Å². The topological polar surface area (TPSA) is 124 Å². The number of hydrogen-bond donors (Lipinski definition) is 2. The number of aryl methyl sites for hydroxylation is 1. The van der Waals surface area contributed by atoms with E-state index in [0.29, 0.717) is 38.6 Å². The average molecular weight is 506 g/mol. The van der Waals surface area contributed by atoms with Crippen LogP contribution in [0.25, 0.3) is 0 Å². The summed E-state index contributed by atoms with van der Waals surface area (Å²) in [6, 6.07) is 4.64. The molecule has 1 amide bonds. The number of thioether (sulfide) groups is 1. The fourth-order valence-electron chi connectivity index (χ4n) is 3.20. The van der Waals surface area contributed by atoms with Crippen LogP contribution >= 0.6 is 23.1 Å². The minimum Gasteiger partial charge on any atom is -0.497 e. The number of anilines is 1. The molecule has 182 valence electrons. The minimum absolute atomic E-state index is 0.0986. The second-order valence-corrected chi connectivity index (χ2v) is 9.05. The number of allylic oxidation sites excluding steroid dienone is 1. The minimum atomic E-state index is -0.679. The molecule has 1 aromatic heterocycles. The number of esters is 1. The number of benzene rings is 1. The molecule has 0 fully saturated rings. The lowest BCUT2D eigenvalue weighted by atomic mass is 9.95. The molecule has 10 nitrogen and oxygen atoms in total. The molecular formula is C22H27N5O5S2. The second-order valence-electron chi connectivity index (χ2n) is 7.02. The van der Waals surface area contributed by atoms with Gasteiger partial charge in [-0.1, -0.05) is 30.0 Å². The zero-order valence-corrected chi connectivity index (χ0v) is 21.3. The summed E-state index contributed by atoms with van der Waals surface area (Å²) >= 11 is 2.56. The number of aromatic nitrogens is 2. The SMILES string of the molecule is CCOC(=O)C1=C(C)NC(SCC(=O)Nc2nnc(CC)s2)=N[C@H]1c1ccc(OC)cc1OC. The van der Waals surface area contributed by atoms with Crippen molar-refractivity contribution in [2.75, 3.05) is 31.9 Å². The number of methoxy groups -OCH3 is 2. The normalized spacial score (nSPS) is 15.3. The summed E-state index contributed by atoms with van der Waals surface area (Å²) in [7, 11) is 3.11. The molecule has 2 heterocycles. The molecule has 0 saturated heterocycles. The number of amides is 1. The Kier molecular flexibility index (Phi) is 8.88. The van der Waals surface area contributed by atoms with Crippen molar-refractivity contribution in [1.82, 2.24) is 15.5 Å². The maximum Gasteiger partial charge on any atom is 0.338 e. The Morgan fingerprint density at radius 1 is 1.21 bits per heavy atom. The summed E-state index contributed by atoms with van der Waals surface area (Å²) in [5, 5.41) is 15.6. The fraction of sp³-hybridized carbons (Fsp3) is 0.409. The molecule has 0 radical (unpaired) electrons. The summed E-state index contributed by atoms with van der Waals surface area (Å²) in [6.07, 6.45) is 0.758. The zero-order chi connectivity index (χ0) is 24.7. The summed E-state index contributed by atoms with van der Waals surface area (Å²) in [5.41, 5.74) is 1.65. The fourth-order valence-corrected chi connectivity index (χ4v) is 4.64. The number of hydrogen-bond acceptors (Lipinski definition) is 11. The lowest BCUT2D eigenvalue weighted by Gasteiger charge is -2.26. The molecule has 2 N–H and O–H groups in total. The molecule has 0 saturated carbocycles. The first kappa shape index (κ1) is 25.5. The first-order valence-corrected chi connectivity index (χ1v) is 12.4. The van der Waals surface area contributed by atoms with E-state index >= 15 is 0 Å². The van der Waals surface area contributed by atoms with Gasteiger partial charge in [0.05, 0.1) is 32.2 Å². The Bertz CT molecular complexity index is 1110. The van der Waals surface area contributed by atoms with Gasteiger partial charge in [-0.2, -0.15) is 0 Å². The first-order valence-electron chi connectivity index (χ1n) is 10.6. The number of nitrogens with one attached hydrogen (secondary N) is 2. The van der Waals surface area contributed by atoms with Crippen molar-refractivity contribution in [3.63, 3.8) is 0 Å². The number of rotatable bonds is 9. The molecule has 0 bridgehead atoms. The van der Waals surface area contributed by atoms with Gasteiger partial charge in [0.15, 0.2) is 5.17 Å². The number of carbonyl (C=O) groups is 2. The third kappa shape index (κ3) is 6.06. The predicted octanol–water partition coefficient (Wildman–Crippen LogP) is 3.33. The van der Waals surface area contributed by atoms with Gasteiger partial charge < -0.3 is 19.5 Å². The van der Waals surface area contributed by atoms with Crippen molar-refractivity contribution >= 4 is 45.3 Å². The number of carbonyl (C=O) groups excluding carboxylic acids is 2. The van der Waals surface area contributed by atoms with E-state index in [0.717, 1.165) is 11.4 Å². The summed E-state index contributed by atoms with van der Waals surface area (Å²) in [6.45, 7) is 5.73. The standard InChI is InChI=1S/C22H27N5O5S2/c1-6-17-26-27-22(34-17)24-16(28)11-33-21-23-12(3)18(20(29)32-7-2)19(25-21)14-9-8-13(30-4)10-15(14)31-5/h8-10,19H,6-7,11H2,1-5H3,(H,23,25)(H,24,27,28)/t19-/m0/s1. The largest absolute Gasteiger partial charge is 0.497 e. The van der Waals surface area contributed by atoms with Gasteiger partial charge in [0.1, 0.15) is 22.5 Å². The Morgan fingerprint density at radius 2 is 2.00 bits per heavy atom. The van der Waals surface area contributed by atoms with Gasteiger partial charge in [-0.05, 0) is 32.4 Å². The molecule has 1 atom stereocenters. The summed E-state index contributed by atoms with van der Waals surface area (Å²) in [4.78, 5) is 29.9. The maximum atomic E-state index is 12.8. The number of amidine groups is 1. The molecule has 3 rings (SSSR count). The van der Waals surface area contributed by atoms with Gasteiger partial charge in [-0.3, -0.25) is 10.1 Å². The molecule has 1 aromatic carbocycles. The van der Waals surface area contributed by atoms with Gasteiger partial charge in [0.2, 0.25) is 11.0 Å². The molecule has 0 aliphatic carbocycles. The quantitative estimate of drug-likeness (QED) is 0.494.